The van der Waals surface area contributed by atoms with Crippen LogP contribution in [0.4, 0.5) is 0 Å². The molecule has 1 aromatic heterocycles. The second-order valence-electron chi connectivity index (χ2n) is 2.34. The van der Waals surface area contributed by atoms with Crippen molar-refractivity contribution in [2.45, 2.75) is 6.92 Å². The van der Waals surface area contributed by atoms with Gasteiger partial charge in [0.15, 0.2) is 0 Å². The van der Waals surface area contributed by atoms with Crippen LogP contribution in [0.25, 0.3) is 0 Å². The van der Waals surface area contributed by atoms with Crippen molar-refractivity contribution in [1.29, 1.82) is 0 Å². The third-order valence-corrected chi connectivity index (χ3v) is 1.31. The molecule has 14 heavy (non-hydrogen) atoms. The number of allylic oxidation sites excluding steroid dienone is 2. The average molecular weight is 190 g/mol. The van der Waals surface area contributed by atoms with E-state index >= 15 is 0 Å². The molecule has 1 heterocycles. The molecule has 1 rings (SSSR count). The molecule has 5 nitrogen and oxygen atoms in total. The highest BCUT2D eigenvalue weighted by molar-refractivity contribution is 5.92. The minimum absolute atomic E-state index is 0.241. The lowest BCUT2D eigenvalue weighted by Crippen LogP contribution is -2.18. The van der Waals surface area contributed by atoms with Gasteiger partial charge in [-0.15, -0.1) is 0 Å². The Morgan fingerprint density at radius 3 is 3.07 bits per heavy atom. The minimum Gasteiger partial charge on any atom is -0.265 e. The van der Waals surface area contributed by atoms with Crippen LogP contribution in [0.3, 0.4) is 0 Å². The molecule has 0 unspecified atom stereocenters. The Morgan fingerprint density at radius 2 is 2.43 bits per heavy atom. The summed E-state index contributed by atoms with van der Waals surface area (Å²) in [5, 5.41) is 3.66. The highest BCUT2D eigenvalue weighted by Gasteiger charge is 2.03. The maximum atomic E-state index is 11.3. The first kappa shape index (κ1) is 10.0. The molecular formula is C9H10N4O. The summed E-state index contributed by atoms with van der Waals surface area (Å²) in [5.74, 6) is -0.376. The summed E-state index contributed by atoms with van der Waals surface area (Å²) in [5.41, 5.74) is 2.55. The largest absolute Gasteiger partial charge is 0.291 e. The normalized spacial score (nSPS) is 10.9. The number of aromatic nitrogens is 2. The van der Waals surface area contributed by atoms with Crippen molar-refractivity contribution in [3.63, 3.8) is 0 Å². The van der Waals surface area contributed by atoms with Gasteiger partial charge in [-0.05, 0) is 13.0 Å². The Labute approximate surface area is 81.6 Å². The first-order chi connectivity index (χ1) is 6.84. The number of carbonyl (C=O) groups excluding carboxylic acids is 1. The second-order valence-corrected chi connectivity index (χ2v) is 2.34. The average Bonchev–Trinajstić information content (AvgIpc) is 2.25. The zero-order valence-electron chi connectivity index (χ0n) is 7.71. The van der Waals surface area contributed by atoms with Crippen molar-refractivity contribution in [1.82, 2.24) is 15.4 Å². The van der Waals surface area contributed by atoms with Crippen LogP contribution in [0.5, 0.6) is 0 Å². The van der Waals surface area contributed by atoms with Crippen molar-refractivity contribution in [3.8, 4) is 0 Å². The summed E-state index contributed by atoms with van der Waals surface area (Å²) in [6.45, 7) is 1.86. The zero-order chi connectivity index (χ0) is 10.2. The highest BCUT2D eigenvalue weighted by Crippen LogP contribution is 1.88. The Kier molecular flexibility index (Phi) is 4.00. The van der Waals surface area contributed by atoms with Crippen LogP contribution in [0.15, 0.2) is 35.8 Å². The molecule has 72 valence electrons. The molecule has 1 aromatic rings. The smallest absolute Gasteiger partial charge is 0.265 e. The number of amides is 1. The van der Waals surface area contributed by atoms with E-state index < -0.39 is 0 Å². The maximum absolute atomic E-state index is 11.3. The molecule has 0 aromatic carbocycles. The van der Waals surface area contributed by atoms with Crippen LogP contribution >= 0.6 is 0 Å². The summed E-state index contributed by atoms with van der Waals surface area (Å²) in [4.78, 5) is 18.8. The molecule has 5 heteroatoms. The predicted molar refractivity (Wildman–Crippen MR) is 52.8 cm³/mol. The van der Waals surface area contributed by atoms with Crippen molar-refractivity contribution in [3.05, 3.63) is 36.4 Å². The number of nitrogens with one attached hydrogen (secondary N) is 1. The molecule has 0 saturated carbocycles. The van der Waals surface area contributed by atoms with Gasteiger partial charge in [0.1, 0.15) is 5.69 Å². The van der Waals surface area contributed by atoms with E-state index in [0.29, 0.717) is 0 Å². The van der Waals surface area contributed by atoms with Gasteiger partial charge in [0.2, 0.25) is 0 Å². The summed E-state index contributed by atoms with van der Waals surface area (Å²) in [6, 6.07) is 0. The lowest BCUT2D eigenvalue weighted by Gasteiger charge is -1.95. The van der Waals surface area contributed by atoms with E-state index in [9.17, 15) is 4.79 Å². The molecule has 0 spiro atoms. The SMILES string of the molecule is C/C=C/C=N/NC(=O)c1cnccn1. The fourth-order valence-electron chi connectivity index (χ4n) is 0.699. The van der Waals surface area contributed by atoms with E-state index in [1.165, 1.54) is 24.8 Å². The van der Waals surface area contributed by atoms with Crippen LogP contribution in [-0.4, -0.2) is 22.1 Å². The Morgan fingerprint density at radius 1 is 1.57 bits per heavy atom. The summed E-state index contributed by atoms with van der Waals surface area (Å²) < 4.78 is 0. The molecule has 0 atom stereocenters. The Balaban J connectivity index is 2.52. The van der Waals surface area contributed by atoms with Crippen LogP contribution in [0, 0.1) is 0 Å². The summed E-state index contributed by atoms with van der Waals surface area (Å²) in [6.07, 6.45) is 9.31. The van der Waals surface area contributed by atoms with Crippen LogP contribution < -0.4 is 5.43 Å². The molecule has 1 N–H and O–H groups in total. The van der Waals surface area contributed by atoms with Gasteiger partial charge in [0, 0.05) is 18.6 Å². The van der Waals surface area contributed by atoms with Crippen molar-refractivity contribution in [2.24, 2.45) is 5.10 Å². The first-order valence-corrected chi connectivity index (χ1v) is 4.05. The quantitative estimate of drug-likeness (QED) is 0.565. The fraction of sp³-hybridized carbons (Fsp3) is 0.111. The Bertz CT molecular complexity index is 345. The highest BCUT2D eigenvalue weighted by atomic mass is 16.2. The van der Waals surface area contributed by atoms with E-state index in [2.05, 4.69) is 20.5 Å². The molecule has 1 amide bonds. The van der Waals surface area contributed by atoms with Crippen LogP contribution in [0.2, 0.25) is 0 Å². The van der Waals surface area contributed by atoms with E-state index in [1.54, 1.807) is 12.2 Å². The van der Waals surface area contributed by atoms with Gasteiger partial charge in [-0.2, -0.15) is 5.10 Å². The molecule has 0 radical (unpaired) electrons. The van der Waals surface area contributed by atoms with Gasteiger partial charge in [0.05, 0.1) is 6.20 Å². The standard InChI is InChI=1S/C9H10N4O/c1-2-3-4-12-13-9(14)8-7-10-5-6-11-8/h2-7H,1H3,(H,13,14)/b3-2+,12-4+. The number of carbonyl (C=O) groups is 1. The first-order valence-electron chi connectivity index (χ1n) is 4.05. The number of hydrogen-bond acceptors (Lipinski definition) is 4. The number of nitrogens with zero attached hydrogens (tertiary/aromatic N) is 3. The van der Waals surface area contributed by atoms with Gasteiger partial charge >= 0.3 is 0 Å². The van der Waals surface area contributed by atoms with Crippen molar-refractivity contribution in [2.75, 3.05) is 0 Å². The Hall–Kier alpha value is -2.04. The second kappa shape index (κ2) is 5.58. The van der Waals surface area contributed by atoms with Gasteiger partial charge in [-0.3, -0.25) is 9.78 Å². The third-order valence-electron chi connectivity index (χ3n) is 1.31. The molecular weight excluding hydrogens is 180 g/mol. The molecule has 0 aliphatic heterocycles. The lowest BCUT2D eigenvalue weighted by atomic mass is 10.4. The topological polar surface area (TPSA) is 67.2 Å². The molecule has 0 saturated heterocycles. The number of hydrazone groups is 1. The van der Waals surface area contributed by atoms with E-state index in [1.807, 2.05) is 6.92 Å². The molecule has 0 aliphatic rings. The molecule has 0 fully saturated rings. The minimum atomic E-state index is -0.376. The van der Waals surface area contributed by atoms with Crippen LogP contribution in [-0.2, 0) is 0 Å². The van der Waals surface area contributed by atoms with E-state index in [4.69, 9.17) is 0 Å². The van der Waals surface area contributed by atoms with Gasteiger partial charge in [-0.25, -0.2) is 10.4 Å². The predicted octanol–water partition coefficient (Wildman–Crippen LogP) is 0.768. The van der Waals surface area contributed by atoms with Crippen molar-refractivity contribution >= 4 is 12.1 Å². The lowest BCUT2D eigenvalue weighted by molar-refractivity contribution is 0.0950. The summed E-state index contributed by atoms with van der Waals surface area (Å²) in [7, 11) is 0. The monoisotopic (exact) mass is 190 g/mol. The summed E-state index contributed by atoms with van der Waals surface area (Å²) >= 11 is 0. The van der Waals surface area contributed by atoms with Crippen LogP contribution in [0.1, 0.15) is 17.4 Å². The molecule has 0 bridgehead atoms. The third kappa shape index (κ3) is 3.14. The van der Waals surface area contributed by atoms with Gasteiger partial charge in [0.25, 0.3) is 5.91 Å². The zero-order valence-corrected chi connectivity index (χ0v) is 7.71. The van der Waals surface area contributed by atoms with Gasteiger partial charge < -0.3 is 0 Å². The van der Waals surface area contributed by atoms with E-state index in [-0.39, 0.29) is 11.6 Å². The number of hydrogen-bond donors (Lipinski definition) is 1. The van der Waals surface area contributed by atoms with Gasteiger partial charge in [-0.1, -0.05) is 6.08 Å². The number of rotatable bonds is 3. The van der Waals surface area contributed by atoms with Crippen molar-refractivity contribution < 1.29 is 4.79 Å². The van der Waals surface area contributed by atoms with E-state index in [0.717, 1.165) is 0 Å². The molecule has 0 aliphatic carbocycles. The fourth-order valence-corrected chi connectivity index (χ4v) is 0.699. The maximum Gasteiger partial charge on any atom is 0.291 e.